The van der Waals surface area contributed by atoms with E-state index in [0.29, 0.717) is 0 Å². The summed E-state index contributed by atoms with van der Waals surface area (Å²) in [6.07, 6.45) is 6.68. The van der Waals surface area contributed by atoms with Crippen molar-refractivity contribution in [1.82, 2.24) is 0 Å². The molecule has 2 bridgehead atoms. The highest BCUT2D eigenvalue weighted by Gasteiger charge is 2.77. The van der Waals surface area contributed by atoms with Gasteiger partial charge in [-0.1, -0.05) is 23.8 Å². The van der Waals surface area contributed by atoms with Crippen LogP contribution in [0.4, 0.5) is 0 Å². The minimum absolute atomic E-state index is 0.0789. The molecule has 1 fully saturated rings. The number of rotatable bonds is 0. The normalized spacial score (nSPS) is 59.2. The predicted molar refractivity (Wildman–Crippen MR) is 51.3 cm³/mol. The van der Waals surface area contributed by atoms with Gasteiger partial charge in [-0.05, 0) is 12.2 Å². The summed E-state index contributed by atoms with van der Waals surface area (Å²) in [6.45, 7) is 0. The van der Waals surface area contributed by atoms with Crippen molar-refractivity contribution >= 4 is 33.0 Å². The van der Waals surface area contributed by atoms with Gasteiger partial charge in [0.1, 0.15) is 0 Å². The van der Waals surface area contributed by atoms with Crippen molar-refractivity contribution in [2.45, 2.75) is 8.41 Å². The molecule has 0 aromatic rings. The molecule has 0 radical (unpaired) electrons. The number of allylic oxidation sites excluding steroid dienone is 2. The molecule has 0 aromatic carbocycles. The summed E-state index contributed by atoms with van der Waals surface area (Å²) in [5, 5.41) is 0. The first-order valence-corrected chi connectivity index (χ1v) is 6.18. The van der Waals surface area contributed by atoms with E-state index in [4.69, 9.17) is 23.2 Å². The van der Waals surface area contributed by atoms with Gasteiger partial charge in [0.2, 0.25) is 0 Å². The smallest absolute Gasteiger partial charge is 0.198 e. The lowest BCUT2D eigenvalue weighted by Gasteiger charge is -2.28. The first-order valence-electron chi connectivity index (χ1n) is 3.94. The Balaban J connectivity index is 2.41. The van der Waals surface area contributed by atoms with Crippen LogP contribution >= 0.6 is 23.2 Å². The standard InChI is InChI=1S/C8H6Cl2O2S/c9-7-3-1-5-6(2-4-7)8(5,10)13(7,11)12/h1-6H. The lowest BCUT2D eigenvalue weighted by Crippen LogP contribution is -2.41. The molecule has 0 amide bonds. The van der Waals surface area contributed by atoms with E-state index in [-0.39, 0.29) is 11.8 Å². The first-order chi connectivity index (χ1) is 5.93. The van der Waals surface area contributed by atoms with Crippen molar-refractivity contribution in [2.24, 2.45) is 11.8 Å². The van der Waals surface area contributed by atoms with Gasteiger partial charge in [0.25, 0.3) is 0 Å². The van der Waals surface area contributed by atoms with Gasteiger partial charge >= 0.3 is 0 Å². The van der Waals surface area contributed by atoms with Gasteiger partial charge in [-0.15, -0.1) is 11.6 Å². The van der Waals surface area contributed by atoms with Crippen LogP contribution < -0.4 is 0 Å². The second-order valence-electron chi connectivity index (χ2n) is 3.67. The molecule has 2 nitrogen and oxygen atoms in total. The molecule has 0 N–H and O–H groups in total. The van der Waals surface area contributed by atoms with Gasteiger partial charge in [-0.25, -0.2) is 8.42 Å². The zero-order valence-corrected chi connectivity index (χ0v) is 8.77. The topological polar surface area (TPSA) is 34.1 Å². The number of hydrogen-bond acceptors (Lipinski definition) is 2. The van der Waals surface area contributed by atoms with Gasteiger partial charge in [0.05, 0.1) is 0 Å². The molecule has 0 aromatic heterocycles. The monoisotopic (exact) mass is 236 g/mol. The van der Waals surface area contributed by atoms with Crippen LogP contribution in [-0.2, 0) is 9.84 Å². The van der Waals surface area contributed by atoms with E-state index < -0.39 is 18.2 Å². The van der Waals surface area contributed by atoms with E-state index >= 15 is 0 Å². The third-order valence-electron chi connectivity index (χ3n) is 3.07. The highest BCUT2D eigenvalue weighted by atomic mass is 35.5. The SMILES string of the molecule is O=S1(=O)C2(Cl)C=CC3C(C=C2)C31Cl. The van der Waals surface area contributed by atoms with Crippen LogP contribution in [0, 0.1) is 11.8 Å². The van der Waals surface area contributed by atoms with Gasteiger partial charge in [-0.2, -0.15) is 0 Å². The summed E-state index contributed by atoms with van der Waals surface area (Å²) in [6, 6.07) is 0. The zero-order chi connectivity index (χ0) is 9.48. The van der Waals surface area contributed by atoms with E-state index in [1.165, 1.54) is 12.2 Å². The minimum atomic E-state index is -3.47. The summed E-state index contributed by atoms with van der Waals surface area (Å²) in [5.74, 6) is -0.158. The van der Waals surface area contributed by atoms with Crippen molar-refractivity contribution in [3.05, 3.63) is 24.3 Å². The lowest BCUT2D eigenvalue weighted by molar-refractivity contribution is 0.579. The van der Waals surface area contributed by atoms with Crippen LogP contribution in [0.1, 0.15) is 0 Å². The summed E-state index contributed by atoms with van der Waals surface area (Å²) < 4.78 is 21.3. The summed E-state index contributed by atoms with van der Waals surface area (Å²) in [7, 11) is -3.47. The van der Waals surface area contributed by atoms with Gasteiger partial charge < -0.3 is 0 Å². The molecule has 70 valence electrons. The second-order valence-corrected chi connectivity index (χ2v) is 7.73. The minimum Gasteiger partial charge on any atom is -0.224 e. The molecule has 2 aliphatic heterocycles. The molecule has 2 unspecified atom stereocenters. The third-order valence-corrected chi connectivity index (χ3v) is 7.51. The van der Waals surface area contributed by atoms with Gasteiger partial charge in [0.15, 0.2) is 18.2 Å². The van der Waals surface area contributed by atoms with Gasteiger partial charge in [-0.3, -0.25) is 0 Å². The van der Waals surface area contributed by atoms with E-state index in [1.807, 2.05) is 12.2 Å². The summed E-state index contributed by atoms with van der Waals surface area (Å²) in [4.78, 5) is 0. The van der Waals surface area contributed by atoms with Crippen LogP contribution in [0.5, 0.6) is 0 Å². The van der Waals surface area contributed by atoms with Crippen LogP contribution in [0.3, 0.4) is 0 Å². The maximum Gasteiger partial charge on any atom is 0.198 e. The van der Waals surface area contributed by atoms with E-state index in [0.717, 1.165) is 0 Å². The molecule has 5 heteroatoms. The predicted octanol–water partition coefficient (Wildman–Crippen LogP) is 1.66. The van der Waals surface area contributed by atoms with Crippen molar-refractivity contribution < 1.29 is 8.42 Å². The van der Waals surface area contributed by atoms with Crippen LogP contribution in [0.2, 0.25) is 0 Å². The Kier molecular flexibility index (Phi) is 1.19. The van der Waals surface area contributed by atoms with Crippen molar-refractivity contribution in [3.63, 3.8) is 0 Å². The molecule has 3 aliphatic rings. The largest absolute Gasteiger partial charge is 0.224 e. The zero-order valence-electron chi connectivity index (χ0n) is 6.44. The van der Waals surface area contributed by atoms with Crippen LogP contribution in [0.15, 0.2) is 24.3 Å². The quantitative estimate of drug-likeness (QED) is 0.474. The number of halogens is 2. The molecule has 0 saturated heterocycles. The Bertz CT molecular complexity index is 429. The highest BCUT2D eigenvalue weighted by Crippen LogP contribution is 2.69. The summed E-state index contributed by atoms with van der Waals surface area (Å²) in [5.41, 5.74) is 0. The van der Waals surface area contributed by atoms with Crippen LogP contribution in [0.25, 0.3) is 0 Å². The van der Waals surface area contributed by atoms with E-state index in [1.54, 1.807) is 0 Å². The molecule has 1 saturated carbocycles. The Hall–Kier alpha value is 0.01000. The molecule has 13 heavy (non-hydrogen) atoms. The Morgan fingerprint density at radius 1 is 1.08 bits per heavy atom. The molecular weight excluding hydrogens is 231 g/mol. The highest BCUT2D eigenvalue weighted by molar-refractivity contribution is 7.97. The number of fused-ring (bicyclic) bond motifs is 2. The fourth-order valence-electron chi connectivity index (χ4n) is 2.19. The van der Waals surface area contributed by atoms with E-state index in [2.05, 4.69) is 0 Å². The summed E-state index contributed by atoms with van der Waals surface area (Å²) >= 11 is 12.0. The lowest BCUT2D eigenvalue weighted by atomic mass is 10.3. The van der Waals surface area contributed by atoms with Crippen molar-refractivity contribution in [3.8, 4) is 0 Å². The molecular formula is C8H6Cl2O2S. The number of sulfone groups is 1. The van der Waals surface area contributed by atoms with Gasteiger partial charge in [0, 0.05) is 11.8 Å². The molecule has 2 heterocycles. The van der Waals surface area contributed by atoms with Crippen molar-refractivity contribution in [2.75, 3.05) is 0 Å². The number of hydrogen-bond donors (Lipinski definition) is 0. The maximum absolute atomic E-state index is 11.9. The second kappa shape index (κ2) is 1.86. The molecule has 1 aliphatic carbocycles. The average molecular weight is 237 g/mol. The average Bonchev–Trinajstić information content (AvgIpc) is 2.68. The molecule has 2 atom stereocenters. The molecule has 3 rings (SSSR count). The molecule has 0 spiro atoms. The fraction of sp³-hybridized carbons (Fsp3) is 0.500. The van der Waals surface area contributed by atoms with E-state index in [9.17, 15) is 8.42 Å². The fourth-order valence-corrected chi connectivity index (χ4v) is 5.67. The van der Waals surface area contributed by atoms with Crippen LogP contribution in [-0.4, -0.2) is 16.8 Å². The Morgan fingerprint density at radius 2 is 1.54 bits per heavy atom. The van der Waals surface area contributed by atoms with Crippen molar-refractivity contribution in [1.29, 1.82) is 0 Å². The third kappa shape index (κ3) is 0.621. The maximum atomic E-state index is 11.9. The number of alkyl halides is 2. The Morgan fingerprint density at radius 3 is 1.92 bits per heavy atom. The first kappa shape index (κ1) is 8.33. The Labute approximate surface area is 86.1 Å².